The van der Waals surface area contributed by atoms with Gasteiger partial charge < -0.3 is 32.5 Å². The van der Waals surface area contributed by atoms with Crippen LogP contribution in [0.1, 0.15) is 23.7 Å². The number of likely N-dealkylation sites (N-methyl/N-ethyl adjacent to an activating group) is 1. The highest BCUT2D eigenvalue weighted by Gasteiger charge is 2.13. The molecule has 120 valence electrons. The number of benzene rings is 1. The number of nitrogens with one attached hydrogen (secondary N) is 2. The fourth-order valence-electron chi connectivity index (χ4n) is 1.78. The largest absolute Gasteiger partial charge is 1.00 e. The average molecular weight is 317 g/mol. The minimum Gasteiger partial charge on any atom is -1.00 e. The van der Waals surface area contributed by atoms with Gasteiger partial charge in [-0.3, -0.25) is 0 Å². The van der Waals surface area contributed by atoms with Gasteiger partial charge in [0.1, 0.15) is 19.3 Å². The first-order valence-corrected chi connectivity index (χ1v) is 7.01. The topological polar surface area (TPSA) is 63.0 Å². The van der Waals surface area contributed by atoms with Crippen LogP contribution in [0.3, 0.4) is 0 Å². The molecule has 0 bridgehead atoms. The smallest absolute Gasteiger partial charge is 0.338 e. The lowest BCUT2D eigenvalue weighted by Crippen LogP contribution is -3.07. The highest BCUT2D eigenvalue weighted by molar-refractivity contribution is 5.89. The van der Waals surface area contributed by atoms with E-state index in [9.17, 15) is 9.90 Å². The molecule has 3 N–H and O–H groups in total. The summed E-state index contributed by atoms with van der Waals surface area (Å²) in [6.45, 7) is 3.58. The number of carbonyl (C=O) groups is 1. The number of carbonyl (C=O) groups excluding carboxylic acids is 1. The van der Waals surface area contributed by atoms with E-state index in [0.717, 1.165) is 23.6 Å². The number of rotatable bonds is 8. The Morgan fingerprint density at radius 1 is 1.33 bits per heavy atom. The van der Waals surface area contributed by atoms with Gasteiger partial charge in [-0.15, -0.1) is 0 Å². The van der Waals surface area contributed by atoms with E-state index < -0.39 is 12.1 Å². The van der Waals surface area contributed by atoms with Gasteiger partial charge in [0.25, 0.3) is 0 Å². The van der Waals surface area contributed by atoms with Crippen LogP contribution in [0.25, 0.3) is 0 Å². The second kappa shape index (κ2) is 10.4. The van der Waals surface area contributed by atoms with Gasteiger partial charge in [-0.2, -0.15) is 0 Å². The van der Waals surface area contributed by atoms with Crippen molar-refractivity contribution in [1.82, 2.24) is 0 Å². The Morgan fingerprint density at radius 2 is 1.95 bits per heavy atom. The van der Waals surface area contributed by atoms with Crippen molar-refractivity contribution in [3.8, 4) is 0 Å². The predicted molar refractivity (Wildman–Crippen MR) is 79.2 cm³/mol. The van der Waals surface area contributed by atoms with Crippen molar-refractivity contribution in [2.24, 2.45) is 0 Å². The maximum Gasteiger partial charge on any atom is 0.338 e. The van der Waals surface area contributed by atoms with Gasteiger partial charge in [-0.05, 0) is 30.7 Å². The Hall–Kier alpha value is -1.30. The lowest BCUT2D eigenvalue weighted by atomic mass is 10.2. The molecular weight excluding hydrogens is 292 g/mol. The van der Waals surface area contributed by atoms with Crippen LogP contribution in [0.15, 0.2) is 24.3 Å². The Bertz CT molecular complexity index is 410. The molecule has 21 heavy (non-hydrogen) atoms. The van der Waals surface area contributed by atoms with Crippen LogP contribution >= 0.6 is 0 Å². The monoisotopic (exact) mass is 316 g/mol. The minimum absolute atomic E-state index is 0. The summed E-state index contributed by atoms with van der Waals surface area (Å²) in [4.78, 5) is 12.9. The fourth-order valence-corrected chi connectivity index (χ4v) is 1.78. The second-order valence-corrected chi connectivity index (χ2v) is 5.17. The fraction of sp³-hybridized carbons (Fsp3) is 0.533. The third-order valence-electron chi connectivity index (χ3n) is 2.75. The molecule has 1 aromatic carbocycles. The van der Waals surface area contributed by atoms with E-state index in [-0.39, 0.29) is 19.0 Å². The van der Waals surface area contributed by atoms with Gasteiger partial charge in [0, 0.05) is 12.2 Å². The van der Waals surface area contributed by atoms with E-state index in [1.54, 1.807) is 12.1 Å². The molecule has 5 nitrogen and oxygen atoms in total. The van der Waals surface area contributed by atoms with Gasteiger partial charge in [0.2, 0.25) is 0 Å². The number of anilines is 1. The molecule has 0 aliphatic heterocycles. The van der Waals surface area contributed by atoms with Crippen molar-refractivity contribution in [1.29, 1.82) is 0 Å². The summed E-state index contributed by atoms with van der Waals surface area (Å²) in [5.74, 6) is -0.403. The first kappa shape index (κ1) is 19.7. The minimum atomic E-state index is -0.630. The number of hydrogen-bond acceptors (Lipinski definition) is 4. The number of quaternary nitrogens is 1. The molecule has 0 radical (unpaired) electrons. The molecule has 1 unspecified atom stereocenters. The summed E-state index contributed by atoms with van der Waals surface area (Å²) in [5, 5.41) is 12.9. The zero-order valence-electron chi connectivity index (χ0n) is 12.9. The lowest BCUT2D eigenvalue weighted by Gasteiger charge is -2.14. The van der Waals surface area contributed by atoms with Gasteiger partial charge in [-0.25, -0.2) is 4.79 Å². The van der Waals surface area contributed by atoms with Crippen LogP contribution in [0.5, 0.6) is 0 Å². The predicted octanol–water partition coefficient (Wildman–Crippen LogP) is -2.83. The number of halogens is 1. The van der Waals surface area contributed by atoms with Crippen LogP contribution < -0.4 is 22.6 Å². The zero-order chi connectivity index (χ0) is 15.0. The standard InChI is InChI=1S/C15H24N2O3.ClH/c1-4-9-16-13-7-5-12(6-8-13)15(19)20-11-14(18)10-17(2)3;/h5-8,14,16,18H,4,9-11H2,1-3H3;1H. The lowest BCUT2D eigenvalue weighted by molar-refractivity contribution is -0.861. The van der Waals surface area contributed by atoms with E-state index in [1.807, 2.05) is 26.2 Å². The molecule has 0 aromatic heterocycles. The summed E-state index contributed by atoms with van der Waals surface area (Å²) in [6, 6.07) is 7.16. The molecule has 1 atom stereocenters. The van der Waals surface area contributed by atoms with Gasteiger partial charge in [0.05, 0.1) is 19.7 Å². The normalized spacial score (nSPS) is 11.7. The van der Waals surface area contributed by atoms with Gasteiger partial charge in [0.15, 0.2) is 0 Å². The van der Waals surface area contributed by atoms with E-state index in [4.69, 9.17) is 4.74 Å². The molecule has 0 saturated heterocycles. The van der Waals surface area contributed by atoms with Crippen molar-refractivity contribution in [3.63, 3.8) is 0 Å². The maximum atomic E-state index is 11.8. The molecule has 0 heterocycles. The van der Waals surface area contributed by atoms with E-state index >= 15 is 0 Å². The van der Waals surface area contributed by atoms with Crippen LogP contribution in [0.4, 0.5) is 5.69 Å². The van der Waals surface area contributed by atoms with Crippen LogP contribution in [-0.2, 0) is 4.74 Å². The molecule has 1 rings (SSSR count). The van der Waals surface area contributed by atoms with Gasteiger partial charge in [-0.1, -0.05) is 6.92 Å². The van der Waals surface area contributed by atoms with E-state index in [0.29, 0.717) is 12.1 Å². The molecule has 0 fully saturated rings. The number of aliphatic hydroxyl groups is 1. The van der Waals surface area contributed by atoms with E-state index in [1.165, 1.54) is 0 Å². The SMILES string of the molecule is CCCNc1ccc(C(=O)OCC(O)C[NH+](C)C)cc1.[Cl-]. The first-order chi connectivity index (χ1) is 9.52. The van der Waals surface area contributed by atoms with Crippen LogP contribution in [0.2, 0.25) is 0 Å². The highest BCUT2D eigenvalue weighted by Crippen LogP contribution is 2.10. The molecule has 0 aliphatic carbocycles. The second-order valence-electron chi connectivity index (χ2n) is 5.17. The third-order valence-corrected chi connectivity index (χ3v) is 2.75. The molecule has 0 spiro atoms. The molecule has 1 aromatic rings. The number of esters is 1. The summed E-state index contributed by atoms with van der Waals surface area (Å²) in [7, 11) is 3.88. The summed E-state index contributed by atoms with van der Waals surface area (Å²) < 4.78 is 5.09. The Labute approximate surface area is 132 Å². The summed E-state index contributed by atoms with van der Waals surface area (Å²) in [5.41, 5.74) is 1.48. The third kappa shape index (κ3) is 7.90. The van der Waals surface area contributed by atoms with Crippen LogP contribution in [0, 0.1) is 0 Å². The van der Waals surface area contributed by atoms with Crippen LogP contribution in [-0.4, -0.2) is 51.0 Å². The molecule has 6 heteroatoms. The highest BCUT2D eigenvalue weighted by atomic mass is 35.5. The van der Waals surface area contributed by atoms with E-state index in [2.05, 4.69) is 12.2 Å². The first-order valence-electron chi connectivity index (χ1n) is 7.01. The summed E-state index contributed by atoms with van der Waals surface area (Å²) >= 11 is 0. The molecule has 0 aliphatic rings. The van der Waals surface area contributed by atoms with Gasteiger partial charge >= 0.3 is 5.97 Å². The molecule has 0 amide bonds. The molecular formula is C15H25ClN2O3. The average Bonchev–Trinajstić information content (AvgIpc) is 2.42. The Balaban J connectivity index is 0.00000400. The number of hydrogen-bond donors (Lipinski definition) is 3. The Morgan fingerprint density at radius 3 is 2.48 bits per heavy atom. The number of ether oxygens (including phenoxy) is 1. The molecule has 0 saturated carbocycles. The van der Waals surface area contributed by atoms with Crippen molar-refractivity contribution >= 4 is 11.7 Å². The zero-order valence-corrected chi connectivity index (χ0v) is 13.6. The van der Waals surface area contributed by atoms with Crippen molar-refractivity contribution < 1.29 is 31.9 Å². The summed E-state index contributed by atoms with van der Waals surface area (Å²) in [6.07, 6.45) is 0.421. The van der Waals surface area contributed by atoms with Crippen molar-refractivity contribution in [2.75, 3.05) is 39.1 Å². The van der Waals surface area contributed by atoms with Crippen molar-refractivity contribution in [3.05, 3.63) is 29.8 Å². The quantitative estimate of drug-likeness (QED) is 0.453. The number of aliphatic hydroxyl groups excluding tert-OH is 1. The maximum absolute atomic E-state index is 11.8. The Kier molecular flexibility index (Phi) is 9.78. The van der Waals surface area contributed by atoms with Crippen molar-refractivity contribution in [2.45, 2.75) is 19.4 Å².